The molecule has 0 aliphatic carbocycles. The van der Waals surface area contributed by atoms with Crippen LogP contribution < -0.4 is 5.73 Å². The zero-order valence-electron chi connectivity index (χ0n) is 7.16. The number of carbonyl (C=O) groups excluding carboxylic acids is 1. The summed E-state index contributed by atoms with van der Waals surface area (Å²) in [5.41, 5.74) is 6.00. The number of Topliss-reactive ketones (excluding diaryl/α,β-unsaturated/α-hetero) is 1. The monoisotopic (exact) mass is 226 g/mol. The van der Waals surface area contributed by atoms with E-state index in [1.165, 1.54) is 11.3 Å². The fourth-order valence-electron chi connectivity index (χ4n) is 1.11. The molecule has 0 fully saturated rings. The van der Waals surface area contributed by atoms with Gasteiger partial charge in [-0.3, -0.25) is 4.79 Å². The molecular weight excluding hydrogens is 220 g/mol. The number of halogens is 1. The van der Waals surface area contributed by atoms with E-state index in [1.54, 1.807) is 12.1 Å². The van der Waals surface area contributed by atoms with Crippen LogP contribution in [0, 0.1) is 0 Å². The first-order chi connectivity index (χ1) is 6.70. The smallest absolute Gasteiger partial charge is 0.204 e. The highest BCUT2D eigenvalue weighted by molar-refractivity contribution is 7.20. The third-order valence-corrected chi connectivity index (χ3v) is 3.09. The predicted octanol–water partition coefficient (Wildman–Crippen LogP) is 2.09. The Labute approximate surface area is 89.5 Å². The van der Waals surface area contributed by atoms with Crippen molar-refractivity contribution >= 4 is 38.9 Å². The van der Waals surface area contributed by atoms with Crippen molar-refractivity contribution in [2.45, 2.75) is 0 Å². The Kier molecular flexibility index (Phi) is 2.50. The maximum atomic E-state index is 11.3. The van der Waals surface area contributed by atoms with Crippen molar-refractivity contribution in [1.82, 2.24) is 4.98 Å². The van der Waals surface area contributed by atoms with Gasteiger partial charge in [0.25, 0.3) is 0 Å². The second kappa shape index (κ2) is 3.65. The topological polar surface area (TPSA) is 56.0 Å². The first-order valence-corrected chi connectivity index (χ1v) is 5.19. The molecule has 0 aliphatic heterocycles. The Hall–Kier alpha value is -0.970. The molecule has 0 saturated carbocycles. The van der Waals surface area contributed by atoms with Crippen molar-refractivity contribution in [2.75, 3.05) is 6.54 Å². The zero-order chi connectivity index (χ0) is 10.1. The van der Waals surface area contributed by atoms with E-state index in [0.29, 0.717) is 10.0 Å². The van der Waals surface area contributed by atoms with Gasteiger partial charge in [0, 0.05) is 5.02 Å². The van der Waals surface area contributed by atoms with Crippen molar-refractivity contribution in [3.63, 3.8) is 0 Å². The standard InChI is InChI=1S/C9H7ClN2OS/c10-5-1-2-8-6(3-5)12-9(14-8)7(13)4-11/h1-3H,4,11H2. The molecular formula is C9H7ClN2OS. The fourth-order valence-corrected chi connectivity index (χ4v) is 2.17. The summed E-state index contributed by atoms with van der Waals surface area (Å²) in [7, 11) is 0. The van der Waals surface area contributed by atoms with Gasteiger partial charge in [-0.2, -0.15) is 0 Å². The number of nitrogens with zero attached hydrogens (tertiary/aromatic N) is 1. The highest BCUT2D eigenvalue weighted by Crippen LogP contribution is 2.24. The lowest BCUT2D eigenvalue weighted by Crippen LogP contribution is -2.12. The summed E-state index contributed by atoms with van der Waals surface area (Å²) in [5.74, 6) is -0.137. The molecule has 0 amide bonds. The van der Waals surface area contributed by atoms with Crippen molar-refractivity contribution < 1.29 is 4.79 Å². The number of fused-ring (bicyclic) bond motifs is 1. The van der Waals surface area contributed by atoms with Gasteiger partial charge in [-0.1, -0.05) is 11.6 Å². The molecule has 2 N–H and O–H groups in total. The Morgan fingerprint density at radius 3 is 3.07 bits per heavy atom. The minimum atomic E-state index is -0.137. The van der Waals surface area contributed by atoms with Crippen LogP contribution in [0.15, 0.2) is 18.2 Å². The van der Waals surface area contributed by atoms with Gasteiger partial charge in [0.2, 0.25) is 5.78 Å². The van der Waals surface area contributed by atoms with Crippen LogP contribution in [0.25, 0.3) is 10.2 Å². The summed E-state index contributed by atoms with van der Waals surface area (Å²) in [6.45, 7) is -0.00639. The number of thiazole rings is 1. The molecule has 14 heavy (non-hydrogen) atoms. The van der Waals surface area contributed by atoms with Gasteiger partial charge >= 0.3 is 0 Å². The number of carbonyl (C=O) groups is 1. The average molecular weight is 227 g/mol. The minimum Gasteiger partial charge on any atom is -0.324 e. The van der Waals surface area contributed by atoms with Gasteiger partial charge in [-0.25, -0.2) is 4.98 Å². The average Bonchev–Trinajstić information content (AvgIpc) is 2.59. The Morgan fingerprint density at radius 1 is 1.57 bits per heavy atom. The van der Waals surface area contributed by atoms with Crippen LogP contribution in [0.4, 0.5) is 0 Å². The van der Waals surface area contributed by atoms with Crippen LogP contribution in [0.1, 0.15) is 9.80 Å². The summed E-state index contributed by atoms with van der Waals surface area (Å²) in [6.07, 6.45) is 0. The van der Waals surface area contributed by atoms with E-state index < -0.39 is 0 Å². The molecule has 1 heterocycles. The highest BCUT2D eigenvalue weighted by Gasteiger charge is 2.10. The summed E-state index contributed by atoms with van der Waals surface area (Å²) in [4.78, 5) is 15.4. The van der Waals surface area contributed by atoms with Crippen LogP contribution in [0.2, 0.25) is 5.02 Å². The molecule has 0 atom stereocenters. The number of nitrogens with two attached hydrogens (primary N) is 1. The maximum Gasteiger partial charge on any atom is 0.204 e. The number of rotatable bonds is 2. The van der Waals surface area contributed by atoms with Gasteiger partial charge in [0.05, 0.1) is 16.8 Å². The normalized spacial score (nSPS) is 10.7. The first-order valence-electron chi connectivity index (χ1n) is 4.00. The number of ketones is 1. The largest absolute Gasteiger partial charge is 0.324 e. The first kappa shape index (κ1) is 9.58. The van der Waals surface area contributed by atoms with Gasteiger partial charge in [-0.15, -0.1) is 11.3 Å². The SMILES string of the molecule is NCC(=O)c1nc2cc(Cl)ccc2s1. The van der Waals surface area contributed by atoms with Gasteiger partial charge in [0.1, 0.15) is 0 Å². The lowest BCUT2D eigenvalue weighted by molar-refractivity contribution is 0.100. The van der Waals surface area contributed by atoms with Crippen LogP contribution in [0.3, 0.4) is 0 Å². The summed E-state index contributed by atoms with van der Waals surface area (Å²) in [5, 5.41) is 1.07. The second-order valence-electron chi connectivity index (χ2n) is 2.76. The summed E-state index contributed by atoms with van der Waals surface area (Å²) < 4.78 is 0.950. The van der Waals surface area contributed by atoms with Gasteiger partial charge < -0.3 is 5.73 Å². The van der Waals surface area contributed by atoms with Crippen molar-refractivity contribution in [2.24, 2.45) is 5.73 Å². The van der Waals surface area contributed by atoms with Crippen LogP contribution in [0.5, 0.6) is 0 Å². The predicted molar refractivity (Wildman–Crippen MR) is 58.0 cm³/mol. The molecule has 3 nitrogen and oxygen atoms in total. The van der Waals surface area contributed by atoms with E-state index in [-0.39, 0.29) is 12.3 Å². The molecule has 0 radical (unpaired) electrons. The molecule has 1 aromatic heterocycles. The number of hydrogen-bond donors (Lipinski definition) is 1. The van der Waals surface area contributed by atoms with Crippen molar-refractivity contribution in [1.29, 1.82) is 0 Å². The van der Waals surface area contributed by atoms with Crippen molar-refractivity contribution in [3.05, 3.63) is 28.2 Å². The maximum absolute atomic E-state index is 11.3. The summed E-state index contributed by atoms with van der Waals surface area (Å²) >= 11 is 7.14. The van der Waals surface area contributed by atoms with E-state index >= 15 is 0 Å². The third-order valence-electron chi connectivity index (χ3n) is 1.77. The molecule has 0 bridgehead atoms. The zero-order valence-corrected chi connectivity index (χ0v) is 8.73. The van der Waals surface area contributed by atoms with E-state index in [9.17, 15) is 4.79 Å². The Balaban J connectivity index is 2.56. The third kappa shape index (κ3) is 1.64. The van der Waals surface area contributed by atoms with Gasteiger partial charge in [0.15, 0.2) is 5.01 Å². The molecule has 2 aromatic rings. The van der Waals surface area contributed by atoms with E-state index in [0.717, 1.165) is 10.2 Å². The van der Waals surface area contributed by atoms with E-state index in [2.05, 4.69) is 4.98 Å². The minimum absolute atomic E-state index is 0.00639. The van der Waals surface area contributed by atoms with Crippen LogP contribution in [-0.2, 0) is 0 Å². The molecule has 0 aliphatic rings. The van der Waals surface area contributed by atoms with Gasteiger partial charge in [-0.05, 0) is 18.2 Å². The number of hydrogen-bond acceptors (Lipinski definition) is 4. The lowest BCUT2D eigenvalue weighted by Gasteiger charge is -1.87. The quantitative estimate of drug-likeness (QED) is 0.798. The van der Waals surface area contributed by atoms with E-state index in [1.807, 2.05) is 6.07 Å². The molecule has 5 heteroatoms. The molecule has 1 aromatic carbocycles. The lowest BCUT2D eigenvalue weighted by atomic mass is 10.3. The molecule has 0 spiro atoms. The van der Waals surface area contributed by atoms with Crippen LogP contribution >= 0.6 is 22.9 Å². The molecule has 2 rings (SSSR count). The van der Waals surface area contributed by atoms with Crippen molar-refractivity contribution in [3.8, 4) is 0 Å². The Morgan fingerprint density at radius 2 is 2.36 bits per heavy atom. The molecule has 0 unspecified atom stereocenters. The number of benzene rings is 1. The second-order valence-corrected chi connectivity index (χ2v) is 4.23. The Bertz CT molecular complexity index is 495. The fraction of sp³-hybridized carbons (Fsp3) is 0.111. The molecule has 0 saturated heterocycles. The number of aromatic nitrogens is 1. The molecule has 72 valence electrons. The van der Waals surface area contributed by atoms with E-state index in [4.69, 9.17) is 17.3 Å². The van der Waals surface area contributed by atoms with Crippen LogP contribution in [-0.4, -0.2) is 17.3 Å². The summed E-state index contributed by atoms with van der Waals surface area (Å²) in [6, 6.07) is 5.36. The highest BCUT2D eigenvalue weighted by atomic mass is 35.5.